The Kier molecular flexibility index (Phi) is 5.68. The highest BCUT2D eigenvalue weighted by Gasteiger charge is 2.24. The lowest BCUT2D eigenvalue weighted by Crippen LogP contribution is -2.43. The average molecular weight is 314 g/mol. The molecule has 120 valence electrons. The molecule has 1 aromatic carbocycles. The maximum absolute atomic E-state index is 12.3. The average Bonchev–Trinajstić information content (AvgIpc) is 2.61. The second kappa shape index (κ2) is 7.93. The molecule has 0 bridgehead atoms. The van der Waals surface area contributed by atoms with E-state index in [0.717, 1.165) is 0 Å². The fraction of sp³-hybridized carbons (Fsp3) is 0.235. The van der Waals surface area contributed by atoms with Gasteiger partial charge in [0.15, 0.2) is 0 Å². The van der Waals surface area contributed by atoms with E-state index >= 15 is 0 Å². The van der Waals surface area contributed by atoms with Gasteiger partial charge in [-0.1, -0.05) is 24.3 Å². The first-order valence-electron chi connectivity index (χ1n) is 7.07. The normalized spacial score (nSPS) is 11.4. The van der Waals surface area contributed by atoms with E-state index in [-0.39, 0.29) is 12.3 Å². The first kappa shape index (κ1) is 16.5. The van der Waals surface area contributed by atoms with Crippen molar-refractivity contribution in [2.24, 2.45) is 0 Å². The van der Waals surface area contributed by atoms with Gasteiger partial charge in [-0.05, 0) is 18.2 Å². The lowest BCUT2D eigenvalue weighted by atomic mass is 10.1. The van der Waals surface area contributed by atoms with E-state index in [4.69, 9.17) is 9.47 Å². The predicted octanol–water partition coefficient (Wildman–Crippen LogP) is 1.60. The monoisotopic (exact) mass is 314 g/mol. The van der Waals surface area contributed by atoms with Crippen molar-refractivity contribution in [3.05, 3.63) is 59.8 Å². The molecular weight excluding hydrogens is 296 g/mol. The minimum atomic E-state index is -0.828. The van der Waals surface area contributed by atoms with E-state index in [0.29, 0.717) is 17.0 Å². The first-order chi connectivity index (χ1) is 11.2. The summed E-state index contributed by atoms with van der Waals surface area (Å²) in [5.74, 6) is -0.459. The zero-order valence-corrected chi connectivity index (χ0v) is 13.0. The van der Waals surface area contributed by atoms with E-state index in [9.17, 15) is 9.59 Å². The molecule has 1 amide bonds. The number of amides is 1. The number of hydrogen-bond donors (Lipinski definition) is 1. The maximum Gasteiger partial charge on any atom is 0.328 e. The number of carbonyl (C=O) groups excluding carboxylic acids is 2. The SMILES string of the molecule is COC(=O)[C@H](Cc1cccnc1OC)NC(=O)c1ccccc1. The number of aromatic nitrogens is 1. The Morgan fingerprint density at radius 1 is 1.13 bits per heavy atom. The van der Waals surface area contributed by atoms with Gasteiger partial charge in [0.05, 0.1) is 14.2 Å². The van der Waals surface area contributed by atoms with E-state index in [1.807, 2.05) is 6.07 Å². The number of carbonyl (C=O) groups is 2. The molecule has 1 N–H and O–H groups in total. The number of methoxy groups -OCH3 is 2. The van der Waals surface area contributed by atoms with Crippen LogP contribution in [0.25, 0.3) is 0 Å². The highest BCUT2D eigenvalue weighted by molar-refractivity contribution is 5.96. The van der Waals surface area contributed by atoms with Crippen molar-refractivity contribution in [3.8, 4) is 5.88 Å². The molecule has 0 spiro atoms. The minimum absolute atomic E-state index is 0.224. The van der Waals surface area contributed by atoms with Gasteiger partial charge in [-0.25, -0.2) is 9.78 Å². The third-order valence-corrected chi connectivity index (χ3v) is 3.29. The number of hydrogen-bond acceptors (Lipinski definition) is 5. The molecule has 1 aromatic heterocycles. The topological polar surface area (TPSA) is 77.5 Å². The maximum atomic E-state index is 12.3. The third kappa shape index (κ3) is 4.29. The second-order valence-electron chi connectivity index (χ2n) is 4.79. The lowest BCUT2D eigenvalue weighted by molar-refractivity contribution is -0.142. The number of ether oxygens (including phenoxy) is 2. The van der Waals surface area contributed by atoms with Gasteiger partial charge in [-0.3, -0.25) is 4.79 Å². The molecule has 2 rings (SSSR count). The Morgan fingerprint density at radius 3 is 2.52 bits per heavy atom. The quantitative estimate of drug-likeness (QED) is 0.820. The van der Waals surface area contributed by atoms with Gasteiger partial charge >= 0.3 is 5.97 Å². The van der Waals surface area contributed by atoms with Crippen LogP contribution < -0.4 is 10.1 Å². The van der Waals surface area contributed by atoms with Crippen LogP contribution in [0, 0.1) is 0 Å². The molecule has 0 aliphatic heterocycles. The number of rotatable bonds is 6. The highest BCUT2D eigenvalue weighted by Crippen LogP contribution is 2.16. The molecule has 6 heteroatoms. The summed E-state index contributed by atoms with van der Waals surface area (Å²) in [6.45, 7) is 0. The van der Waals surface area contributed by atoms with E-state index < -0.39 is 12.0 Å². The predicted molar refractivity (Wildman–Crippen MR) is 84.2 cm³/mol. The van der Waals surface area contributed by atoms with Gasteiger partial charge in [-0.15, -0.1) is 0 Å². The Labute approximate surface area is 134 Å². The summed E-state index contributed by atoms with van der Waals surface area (Å²) in [6.07, 6.45) is 1.82. The van der Waals surface area contributed by atoms with E-state index in [1.54, 1.807) is 42.6 Å². The van der Waals surface area contributed by atoms with Crippen LogP contribution in [-0.2, 0) is 16.0 Å². The largest absolute Gasteiger partial charge is 0.481 e. The number of esters is 1. The van der Waals surface area contributed by atoms with Crippen molar-refractivity contribution < 1.29 is 19.1 Å². The van der Waals surface area contributed by atoms with Crippen molar-refractivity contribution in [1.29, 1.82) is 0 Å². The number of benzene rings is 1. The van der Waals surface area contributed by atoms with Crippen LogP contribution in [-0.4, -0.2) is 37.1 Å². The number of pyridine rings is 1. The van der Waals surface area contributed by atoms with Gasteiger partial charge < -0.3 is 14.8 Å². The van der Waals surface area contributed by atoms with Gasteiger partial charge in [-0.2, -0.15) is 0 Å². The molecule has 1 heterocycles. The Hall–Kier alpha value is -2.89. The summed E-state index contributed by atoms with van der Waals surface area (Å²) in [5.41, 5.74) is 1.18. The smallest absolute Gasteiger partial charge is 0.328 e. The summed E-state index contributed by atoms with van der Waals surface area (Å²) in [7, 11) is 2.78. The zero-order valence-electron chi connectivity index (χ0n) is 13.0. The molecular formula is C17H18N2O4. The molecule has 0 fully saturated rings. The van der Waals surface area contributed by atoms with Crippen molar-refractivity contribution in [1.82, 2.24) is 10.3 Å². The molecule has 0 unspecified atom stereocenters. The van der Waals surface area contributed by atoms with Crippen LogP contribution in [0.2, 0.25) is 0 Å². The van der Waals surface area contributed by atoms with Gasteiger partial charge in [0.1, 0.15) is 6.04 Å². The summed E-state index contributed by atoms with van der Waals surface area (Å²) in [4.78, 5) is 28.3. The number of nitrogens with zero attached hydrogens (tertiary/aromatic N) is 1. The minimum Gasteiger partial charge on any atom is -0.481 e. The van der Waals surface area contributed by atoms with E-state index in [2.05, 4.69) is 10.3 Å². The van der Waals surface area contributed by atoms with Crippen LogP contribution in [0.1, 0.15) is 15.9 Å². The van der Waals surface area contributed by atoms with Gasteiger partial charge in [0.2, 0.25) is 5.88 Å². The summed E-state index contributed by atoms with van der Waals surface area (Å²) < 4.78 is 9.95. The van der Waals surface area contributed by atoms with E-state index in [1.165, 1.54) is 14.2 Å². The standard InChI is InChI=1S/C17H18N2O4/c1-22-16-13(9-6-10-18-16)11-14(17(21)23-2)19-15(20)12-7-4-3-5-8-12/h3-10,14H,11H2,1-2H3,(H,19,20)/t14-/m0/s1. The second-order valence-corrected chi connectivity index (χ2v) is 4.79. The number of nitrogens with one attached hydrogen (secondary N) is 1. The van der Waals surface area contributed by atoms with Crippen LogP contribution in [0.3, 0.4) is 0 Å². The summed E-state index contributed by atoms with van der Waals surface area (Å²) >= 11 is 0. The fourth-order valence-electron chi connectivity index (χ4n) is 2.15. The van der Waals surface area contributed by atoms with Crippen molar-refractivity contribution >= 4 is 11.9 Å². The molecule has 0 aliphatic carbocycles. The molecule has 6 nitrogen and oxygen atoms in total. The molecule has 2 aromatic rings. The van der Waals surface area contributed by atoms with Crippen LogP contribution >= 0.6 is 0 Å². The Bertz CT molecular complexity index is 673. The summed E-state index contributed by atoms with van der Waals surface area (Å²) in [5, 5.41) is 2.69. The molecule has 0 aliphatic rings. The van der Waals surface area contributed by atoms with Gasteiger partial charge in [0.25, 0.3) is 5.91 Å². The molecule has 0 saturated heterocycles. The Morgan fingerprint density at radius 2 is 1.87 bits per heavy atom. The highest BCUT2D eigenvalue weighted by atomic mass is 16.5. The van der Waals surface area contributed by atoms with Crippen LogP contribution in [0.15, 0.2) is 48.7 Å². The lowest BCUT2D eigenvalue weighted by Gasteiger charge is -2.17. The van der Waals surface area contributed by atoms with Crippen LogP contribution in [0.4, 0.5) is 0 Å². The molecule has 0 radical (unpaired) electrons. The van der Waals surface area contributed by atoms with Gasteiger partial charge in [0, 0.05) is 23.7 Å². The van der Waals surface area contributed by atoms with Crippen molar-refractivity contribution in [2.75, 3.05) is 14.2 Å². The van der Waals surface area contributed by atoms with Crippen molar-refractivity contribution in [2.45, 2.75) is 12.5 Å². The first-order valence-corrected chi connectivity index (χ1v) is 7.07. The molecule has 23 heavy (non-hydrogen) atoms. The molecule has 0 saturated carbocycles. The zero-order chi connectivity index (χ0) is 16.7. The fourth-order valence-corrected chi connectivity index (χ4v) is 2.15. The molecule has 1 atom stereocenters. The Balaban J connectivity index is 2.17. The third-order valence-electron chi connectivity index (χ3n) is 3.29. The summed E-state index contributed by atoms with van der Waals surface area (Å²) in [6, 6.07) is 11.4. The van der Waals surface area contributed by atoms with Crippen LogP contribution in [0.5, 0.6) is 5.88 Å². The van der Waals surface area contributed by atoms with Crippen molar-refractivity contribution in [3.63, 3.8) is 0 Å².